The normalized spacial score (nSPS) is 26.9. The molecule has 0 bridgehead atoms. The van der Waals surface area contributed by atoms with E-state index in [0.29, 0.717) is 0 Å². The summed E-state index contributed by atoms with van der Waals surface area (Å²) in [6.45, 7) is 0.301. The molecule has 1 aromatic heterocycles. The molecule has 1 amide bonds. The molecule has 0 saturated carbocycles. The van der Waals surface area contributed by atoms with Gasteiger partial charge < -0.3 is 15.1 Å². The quantitative estimate of drug-likeness (QED) is 0.609. The van der Waals surface area contributed by atoms with Crippen molar-refractivity contribution in [2.75, 3.05) is 13.1 Å². The van der Waals surface area contributed by atoms with E-state index >= 15 is 0 Å². The van der Waals surface area contributed by atoms with E-state index < -0.39 is 12.2 Å². The molecule has 76 valence electrons. The van der Waals surface area contributed by atoms with Crippen LogP contribution in [0.25, 0.3) is 0 Å². The van der Waals surface area contributed by atoms with Crippen molar-refractivity contribution in [3.8, 4) is 0 Å². The van der Waals surface area contributed by atoms with Crippen LogP contribution in [-0.2, 0) is 0 Å². The van der Waals surface area contributed by atoms with E-state index in [4.69, 9.17) is 0 Å². The van der Waals surface area contributed by atoms with Crippen LogP contribution in [0.1, 0.15) is 10.5 Å². The highest BCUT2D eigenvalue weighted by atomic mass is 32.1. The Morgan fingerprint density at radius 1 is 1.50 bits per heavy atom. The summed E-state index contributed by atoms with van der Waals surface area (Å²) in [5.41, 5.74) is 0.260. The van der Waals surface area contributed by atoms with Crippen LogP contribution < -0.4 is 0 Å². The average Bonchev–Trinajstić information content (AvgIpc) is 2.76. The first kappa shape index (κ1) is 9.50. The Bertz CT molecular complexity index is 319. The van der Waals surface area contributed by atoms with Crippen molar-refractivity contribution in [2.24, 2.45) is 0 Å². The number of carbonyl (C=O) groups excluding carboxylic acids is 1. The molecular weight excluding hydrogens is 206 g/mol. The van der Waals surface area contributed by atoms with E-state index in [0.717, 1.165) is 11.7 Å². The maximum Gasteiger partial charge on any atom is 0.275 e. The number of carbonyl (C=O) groups is 1. The molecule has 2 N–H and O–H groups in total. The highest BCUT2D eigenvalue weighted by Gasteiger charge is 2.33. The van der Waals surface area contributed by atoms with E-state index in [1.54, 1.807) is 0 Å². The molecule has 2 heterocycles. The number of aromatic nitrogens is 2. The van der Waals surface area contributed by atoms with Crippen molar-refractivity contribution in [3.05, 3.63) is 11.9 Å². The summed E-state index contributed by atoms with van der Waals surface area (Å²) in [5, 5.41) is 18.5. The molecule has 0 aliphatic carbocycles. The van der Waals surface area contributed by atoms with Crippen molar-refractivity contribution in [1.29, 1.82) is 0 Å². The van der Waals surface area contributed by atoms with E-state index in [9.17, 15) is 15.0 Å². The summed E-state index contributed by atoms with van der Waals surface area (Å²) >= 11 is 0.956. The Labute approximate surface area is 84.1 Å². The lowest BCUT2D eigenvalue weighted by molar-refractivity contribution is 0.0572. The second-order valence-electron chi connectivity index (χ2n) is 3.14. The van der Waals surface area contributed by atoms with Crippen molar-refractivity contribution in [3.63, 3.8) is 0 Å². The predicted molar refractivity (Wildman–Crippen MR) is 47.8 cm³/mol. The third kappa shape index (κ3) is 1.61. The lowest BCUT2D eigenvalue weighted by atomic mass is 10.3. The van der Waals surface area contributed by atoms with Crippen LogP contribution in [0, 0.1) is 0 Å². The van der Waals surface area contributed by atoms with Gasteiger partial charge in [0.2, 0.25) is 0 Å². The first-order valence-corrected chi connectivity index (χ1v) is 4.84. The van der Waals surface area contributed by atoms with Gasteiger partial charge in [-0.05, 0) is 0 Å². The van der Waals surface area contributed by atoms with Crippen LogP contribution in [0.2, 0.25) is 0 Å². The fraction of sp³-hybridized carbons (Fsp3) is 0.571. The van der Waals surface area contributed by atoms with Gasteiger partial charge >= 0.3 is 0 Å². The summed E-state index contributed by atoms with van der Waals surface area (Å²) in [4.78, 5) is 13.0. The standard InChI is InChI=1S/C7H9N3O3S/c11-5-2-10(3-6(5)12)7(13)4-1-8-14-9-4/h1,5-6,11-12H,2-3H2/t5-,6+. The van der Waals surface area contributed by atoms with Gasteiger partial charge in [-0.2, -0.15) is 8.75 Å². The molecule has 6 nitrogen and oxygen atoms in total. The third-order valence-corrected chi connectivity index (χ3v) is 2.60. The SMILES string of the molecule is O=C(c1cnsn1)N1C[C@@H](O)[C@@H](O)C1. The summed E-state index contributed by atoms with van der Waals surface area (Å²) in [5.74, 6) is -0.297. The Morgan fingerprint density at radius 2 is 2.14 bits per heavy atom. The predicted octanol–water partition coefficient (Wildman–Crippen LogP) is -1.28. The molecule has 2 atom stereocenters. The summed E-state index contributed by atoms with van der Waals surface area (Å²) in [6, 6.07) is 0. The Kier molecular flexibility index (Phi) is 2.44. The fourth-order valence-electron chi connectivity index (χ4n) is 1.36. The lowest BCUT2D eigenvalue weighted by Gasteiger charge is -2.12. The number of β-amino-alcohol motifs (C(OH)–C–C–N with tert-alkyl or cyclic N) is 2. The van der Waals surface area contributed by atoms with Gasteiger partial charge in [0, 0.05) is 13.1 Å². The second-order valence-corrected chi connectivity index (χ2v) is 3.69. The molecule has 1 aliphatic rings. The summed E-state index contributed by atoms with van der Waals surface area (Å²) in [6.07, 6.45) is -0.333. The Hall–Kier alpha value is -1.05. The van der Waals surface area contributed by atoms with Gasteiger partial charge in [0.25, 0.3) is 5.91 Å². The van der Waals surface area contributed by atoms with Gasteiger partial charge in [-0.15, -0.1) is 0 Å². The van der Waals surface area contributed by atoms with Crippen molar-refractivity contribution < 1.29 is 15.0 Å². The van der Waals surface area contributed by atoms with Gasteiger partial charge in [-0.1, -0.05) is 0 Å². The number of nitrogens with zero attached hydrogens (tertiary/aromatic N) is 3. The summed E-state index contributed by atoms with van der Waals surface area (Å²) < 4.78 is 7.50. The largest absolute Gasteiger partial charge is 0.388 e. The number of amides is 1. The minimum Gasteiger partial charge on any atom is -0.388 e. The van der Waals surface area contributed by atoms with Crippen LogP contribution in [0.3, 0.4) is 0 Å². The van der Waals surface area contributed by atoms with E-state index in [1.165, 1.54) is 11.1 Å². The number of aliphatic hydroxyl groups is 2. The first-order valence-electron chi connectivity index (χ1n) is 4.11. The first-order chi connectivity index (χ1) is 6.68. The second kappa shape index (κ2) is 3.60. The van der Waals surface area contributed by atoms with Crippen LogP contribution in [0.5, 0.6) is 0 Å². The van der Waals surface area contributed by atoms with Crippen molar-refractivity contribution in [2.45, 2.75) is 12.2 Å². The highest BCUT2D eigenvalue weighted by molar-refractivity contribution is 6.99. The zero-order chi connectivity index (χ0) is 10.1. The average molecular weight is 215 g/mol. The van der Waals surface area contributed by atoms with E-state index in [-0.39, 0.29) is 24.7 Å². The van der Waals surface area contributed by atoms with E-state index in [2.05, 4.69) is 8.75 Å². The third-order valence-electron chi connectivity index (χ3n) is 2.13. The zero-order valence-corrected chi connectivity index (χ0v) is 8.02. The maximum atomic E-state index is 11.6. The van der Waals surface area contributed by atoms with Gasteiger partial charge in [0.1, 0.15) is 0 Å². The maximum absolute atomic E-state index is 11.6. The smallest absolute Gasteiger partial charge is 0.275 e. The molecule has 0 aromatic carbocycles. The number of hydrogen-bond acceptors (Lipinski definition) is 6. The topological polar surface area (TPSA) is 86.6 Å². The monoisotopic (exact) mass is 215 g/mol. The van der Waals surface area contributed by atoms with E-state index in [1.807, 2.05) is 0 Å². The molecule has 1 aromatic rings. The molecule has 1 aliphatic heterocycles. The van der Waals surface area contributed by atoms with Gasteiger partial charge in [-0.25, -0.2) is 0 Å². The highest BCUT2D eigenvalue weighted by Crippen LogP contribution is 2.13. The zero-order valence-electron chi connectivity index (χ0n) is 7.20. The summed E-state index contributed by atoms with van der Waals surface area (Å²) in [7, 11) is 0. The minimum atomic E-state index is -0.856. The molecule has 2 rings (SSSR count). The molecule has 7 heteroatoms. The van der Waals surface area contributed by atoms with Gasteiger partial charge in [0.05, 0.1) is 30.1 Å². The molecule has 0 unspecified atom stereocenters. The number of aliphatic hydroxyl groups excluding tert-OH is 2. The van der Waals surface area contributed by atoms with Crippen LogP contribution >= 0.6 is 11.7 Å². The fourth-order valence-corrected chi connectivity index (χ4v) is 1.76. The van der Waals surface area contributed by atoms with Crippen LogP contribution in [0.4, 0.5) is 0 Å². The molecule has 1 saturated heterocycles. The van der Waals surface area contributed by atoms with Crippen LogP contribution in [0.15, 0.2) is 6.20 Å². The molecule has 0 radical (unpaired) electrons. The van der Waals surface area contributed by atoms with Crippen molar-refractivity contribution >= 4 is 17.6 Å². The number of hydrogen-bond donors (Lipinski definition) is 2. The molecule has 0 spiro atoms. The Balaban J connectivity index is 2.07. The number of likely N-dealkylation sites (tertiary alicyclic amines) is 1. The number of rotatable bonds is 1. The lowest BCUT2D eigenvalue weighted by Crippen LogP contribution is -2.29. The molecular formula is C7H9N3O3S. The minimum absolute atomic E-state index is 0.150. The van der Waals surface area contributed by atoms with Gasteiger partial charge in [-0.3, -0.25) is 4.79 Å². The van der Waals surface area contributed by atoms with Gasteiger partial charge in [0.15, 0.2) is 5.69 Å². The van der Waals surface area contributed by atoms with Crippen molar-refractivity contribution in [1.82, 2.24) is 13.6 Å². The molecule has 14 heavy (non-hydrogen) atoms. The molecule has 1 fully saturated rings. The Morgan fingerprint density at radius 3 is 2.64 bits per heavy atom. The van der Waals surface area contributed by atoms with Crippen LogP contribution in [-0.4, -0.2) is 55.1 Å².